The van der Waals surface area contributed by atoms with Gasteiger partial charge in [0.2, 0.25) is 5.91 Å². The first-order valence-corrected chi connectivity index (χ1v) is 6.53. The van der Waals surface area contributed by atoms with Crippen LogP contribution >= 0.6 is 0 Å². The van der Waals surface area contributed by atoms with Crippen molar-refractivity contribution in [2.75, 3.05) is 0 Å². The van der Waals surface area contributed by atoms with Crippen molar-refractivity contribution in [1.29, 1.82) is 0 Å². The fraction of sp³-hybridized carbons (Fsp3) is 0.250. The lowest BCUT2D eigenvalue weighted by atomic mass is 9.99. The van der Waals surface area contributed by atoms with Crippen LogP contribution in [0, 0.1) is 11.7 Å². The molecule has 0 fully saturated rings. The summed E-state index contributed by atoms with van der Waals surface area (Å²) in [5.41, 5.74) is 1.76. The van der Waals surface area contributed by atoms with Crippen molar-refractivity contribution in [2.45, 2.75) is 19.9 Å². The van der Waals surface area contributed by atoms with E-state index in [0.717, 1.165) is 11.1 Å². The summed E-state index contributed by atoms with van der Waals surface area (Å²) in [5, 5.41) is 2.98. The summed E-state index contributed by atoms with van der Waals surface area (Å²) in [6, 6.07) is 9.54. The van der Waals surface area contributed by atoms with Gasteiger partial charge < -0.3 is 5.32 Å². The molecule has 2 aromatic rings. The van der Waals surface area contributed by atoms with Crippen molar-refractivity contribution in [3.63, 3.8) is 0 Å². The standard InChI is InChI=1S/C16H17FN2O/c1-11(2)16(20)19-15(13-7-9-18-10-8-13)12-3-5-14(17)6-4-12/h3-11,15H,1-2H3,(H,19,20). The van der Waals surface area contributed by atoms with Gasteiger partial charge >= 0.3 is 0 Å². The van der Waals surface area contributed by atoms with Crippen LogP contribution in [0.1, 0.15) is 31.0 Å². The van der Waals surface area contributed by atoms with Crippen molar-refractivity contribution in [3.05, 3.63) is 65.7 Å². The van der Waals surface area contributed by atoms with Gasteiger partial charge in [0.05, 0.1) is 6.04 Å². The number of carbonyl (C=O) groups is 1. The molecule has 1 amide bonds. The van der Waals surface area contributed by atoms with E-state index in [0.29, 0.717) is 0 Å². The lowest BCUT2D eigenvalue weighted by Crippen LogP contribution is -2.32. The Morgan fingerprint density at radius 1 is 1.05 bits per heavy atom. The van der Waals surface area contributed by atoms with E-state index >= 15 is 0 Å². The third kappa shape index (κ3) is 3.41. The average molecular weight is 272 g/mol. The SMILES string of the molecule is CC(C)C(=O)NC(c1ccncc1)c1ccc(F)cc1. The minimum atomic E-state index is -0.298. The van der Waals surface area contributed by atoms with Crippen LogP contribution in [0.3, 0.4) is 0 Å². The number of nitrogens with zero attached hydrogens (tertiary/aromatic N) is 1. The second kappa shape index (κ2) is 6.28. The molecule has 104 valence electrons. The van der Waals surface area contributed by atoms with E-state index in [1.165, 1.54) is 12.1 Å². The van der Waals surface area contributed by atoms with Crippen molar-refractivity contribution >= 4 is 5.91 Å². The Bertz CT molecular complexity index is 567. The van der Waals surface area contributed by atoms with Crippen LogP contribution < -0.4 is 5.32 Å². The van der Waals surface area contributed by atoms with Gasteiger partial charge in [0, 0.05) is 18.3 Å². The van der Waals surface area contributed by atoms with Crippen LogP contribution in [0.15, 0.2) is 48.8 Å². The number of aromatic nitrogens is 1. The van der Waals surface area contributed by atoms with Crippen molar-refractivity contribution < 1.29 is 9.18 Å². The molecule has 1 aromatic carbocycles. The molecular formula is C16H17FN2O. The van der Waals surface area contributed by atoms with E-state index < -0.39 is 0 Å². The first-order valence-electron chi connectivity index (χ1n) is 6.53. The minimum absolute atomic E-state index is 0.0452. The molecule has 4 heteroatoms. The Hall–Kier alpha value is -2.23. The third-order valence-electron chi connectivity index (χ3n) is 3.05. The number of rotatable bonds is 4. The van der Waals surface area contributed by atoms with E-state index in [1.807, 2.05) is 26.0 Å². The number of pyridine rings is 1. The van der Waals surface area contributed by atoms with E-state index in [1.54, 1.807) is 24.5 Å². The zero-order valence-corrected chi connectivity index (χ0v) is 11.5. The van der Waals surface area contributed by atoms with Crippen LogP contribution in [0.4, 0.5) is 4.39 Å². The van der Waals surface area contributed by atoms with E-state index in [-0.39, 0.29) is 23.7 Å². The zero-order valence-electron chi connectivity index (χ0n) is 11.5. The number of nitrogens with one attached hydrogen (secondary N) is 1. The summed E-state index contributed by atoms with van der Waals surface area (Å²) < 4.78 is 13.0. The molecule has 0 aliphatic rings. The lowest BCUT2D eigenvalue weighted by Gasteiger charge is -2.21. The maximum absolute atomic E-state index is 13.0. The summed E-state index contributed by atoms with van der Waals surface area (Å²) >= 11 is 0. The first kappa shape index (κ1) is 14.2. The molecule has 1 heterocycles. The normalized spacial score (nSPS) is 12.2. The van der Waals surface area contributed by atoms with Crippen LogP contribution in [0.5, 0.6) is 0 Å². The largest absolute Gasteiger partial charge is 0.345 e. The van der Waals surface area contributed by atoms with Crippen molar-refractivity contribution in [2.24, 2.45) is 5.92 Å². The Labute approximate surface area is 117 Å². The minimum Gasteiger partial charge on any atom is -0.345 e. The predicted molar refractivity (Wildman–Crippen MR) is 75.5 cm³/mol. The Morgan fingerprint density at radius 2 is 1.60 bits per heavy atom. The molecule has 1 N–H and O–H groups in total. The monoisotopic (exact) mass is 272 g/mol. The number of amides is 1. The fourth-order valence-electron chi connectivity index (χ4n) is 1.88. The summed E-state index contributed by atoms with van der Waals surface area (Å²) in [6.07, 6.45) is 3.35. The highest BCUT2D eigenvalue weighted by Crippen LogP contribution is 2.22. The highest BCUT2D eigenvalue weighted by Gasteiger charge is 2.18. The second-order valence-electron chi connectivity index (χ2n) is 4.93. The number of carbonyl (C=O) groups excluding carboxylic acids is 1. The van der Waals surface area contributed by atoms with Crippen LogP contribution in [-0.4, -0.2) is 10.9 Å². The maximum Gasteiger partial charge on any atom is 0.223 e. The Morgan fingerprint density at radius 3 is 2.15 bits per heavy atom. The topological polar surface area (TPSA) is 42.0 Å². The predicted octanol–water partition coefficient (Wildman–Crippen LogP) is 3.08. The molecule has 0 saturated heterocycles. The highest BCUT2D eigenvalue weighted by atomic mass is 19.1. The molecule has 1 atom stereocenters. The van der Waals surface area contributed by atoms with E-state index in [2.05, 4.69) is 10.3 Å². The number of hydrogen-bond acceptors (Lipinski definition) is 2. The van der Waals surface area contributed by atoms with E-state index in [9.17, 15) is 9.18 Å². The fourth-order valence-corrected chi connectivity index (χ4v) is 1.88. The summed E-state index contributed by atoms with van der Waals surface area (Å²) in [4.78, 5) is 15.9. The van der Waals surface area contributed by atoms with Crippen LogP contribution in [-0.2, 0) is 4.79 Å². The average Bonchev–Trinajstić information content (AvgIpc) is 2.46. The van der Waals surface area contributed by atoms with Crippen LogP contribution in [0.25, 0.3) is 0 Å². The molecule has 20 heavy (non-hydrogen) atoms. The molecule has 0 saturated carbocycles. The van der Waals surface area contributed by atoms with Gasteiger partial charge in [-0.3, -0.25) is 9.78 Å². The van der Waals surface area contributed by atoms with Crippen molar-refractivity contribution in [1.82, 2.24) is 10.3 Å². The molecule has 0 aliphatic heterocycles. The van der Waals surface area contributed by atoms with E-state index in [4.69, 9.17) is 0 Å². The molecule has 2 rings (SSSR count). The first-order chi connectivity index (χ1) is 9.58. The molecule has 0 bridgehead atoms. The molecule has 1 aromatic heterocycles. The van der Waals surface area contributed by atoms with Crippen molar-refractivity contribution in [3.8, 4) is 0 Å². The summed E-state index contributed by atoms with van der Waals surface area (Å²) in [5.74, 6) is -0.451. The van der Waals surface area contributed by atoms with Gasteiger partial charge in [-0.15, -0.1) is 0 Å². The number of hydrogen-bond donors (Lipinski definition) is 1. The molecule has 1 unspecified atom stereocenters. The molecule has 0 spiro atoms. The zero-order chi connectivity index (χ0) is 14.5. The van der Waals surface area contributed by atoms with Gasteiger partial charge in [0.15, 0.2) is 0 Å². The maximum atomic E-state index is 13.0. The molecule has 0 aliphatic carbocycles. The van der Waals surface area contributed by atoms with Gasteiger partial charge in [0.1, 0.15) is 5.82 Å². The van der Waals surface area contributed by atoms with Gasteiger partial charge in [-0.25, -0.2) is 4.39 Å². The number of halogens is 1. The van der Waals surface area contributed by atoms with Gasteiger partial charge in [0.25, 0.3) is 0 Å². The third-order valence-corrected chi connectivity index (χ3v) is 3.05. The molecule has 0 radical (unpaired) electrons. The summed E-state index contributed by atoms with van der Waals surface area (Å²) in [6.45, 7) is 3.67. The van der Waals surface area contributed by atoms with Crippen LogP contribution in [0.2, 0.25) is 0 Å². The van der Waals surface area contributed by atoms with Gasteiger partial charge in [-0.1, -0.05) is 26.0 Å². The van der Waals surface area contributed by atoms with Gasteiger partial charge in [-0.2, -0.15) is 0 Å². The Kier molecular flexibility index (Phi) is 4.45. The molecule has 3 nitrogen and oxygen atoms in total. The quantitative estimate of drug-likeness (QED) is 0.929. The van der Waals surface area contributed by atoms with Gasteiger partial charge in [-0.05, 0) is 35.4 Å². The highest BCUT2D eigenvalue weighted by molar-refractivity contribution is 5.78. The lowest BCUT2D eigenvalue weighted by molar-refractivity contribution is -0.124. The second-order valence-corrected chi connectivity index (χ2v) is 4.93. The summed E-state index contributed by atoms with van der Waals surface area (Å²) in [7, 11) is 0. The number of benzene rings is 1. The molecular weight excluding hydrogens is 255 g/mol. The Balaban J connectivity index is 2.34. The smallest absolute Gasteiger partial charge is 0.223 e.